The summed E-state index contributed by atoms with van der Waals surface area (Å²) >= 11 is 6.56. The van der Waals surface area contributed by atoms with Gasteiger partial charge in [-0.25, -0.2) is 0 Å². The van der Waals surface area contributed by atoms with E-state index in [2.05, 4.69) is 18.2 Å². The molecular weight excluding hydrogens is 622 g/mol. The van der Waals surface area contributed by atoms with Crippen molar-refractivity contribution in [2.24, 2.45) is 7.05 Å². The minimum absolute atomic E-state index is 0.0879. The number of anilines is 2. The Morgan fingerprint density at radius 2 is 1.58 bits per heavy atom. The van der Waals surface area contributed by atoms with E-state index >= 15 is 0 Å². The summed E-state index contributed by atoms with van der Waals surface area (Å²) in [7, 11) is 1.91. The van der Waals surface area contributed by atoms with Crippen molar-refractivity contribution in [2.75, 3.05) is 18.1 Å². The average Bonchev–Trinajstić information content (AvgIpc) is 3.39. The van der Waals surface area contributed by atoms with Gasteiger partial charge in [0.25, 0.3) is 11.8 Å². The van der Waals surface area contributed by atoms with Gasteiger partial charge >= 0.3 is 0 Å². The van der Waals surface area contributed by atoms with Gasteiger partial charge in [0.2, 0.25) is 0 Å². The number of aromatic hydroxyl groups is 1. The molecule has 5 aromatic rings. The van der Waals surface area contributed by atoms with Crippen molar-refractivity contribution in [3.8, 4) is 22.8 Å². The first kappa shape index (κ1) is 31.6. The van der Waals surface area contributed by atoms with Gasteiger partial charge in [-0.3, -0.25) is 14.5 Å². The molecule has 0 aliphatic carbocycles. The number of hydrogen-bond acceptors (Lipinski definition) is 4. The molecule has 48 heavy (non-hydrogen) atoms. The van der Waals surface area contributed by atoms with E-state index in [0.29, 0.717) is 53.5 Å². The Labute approximate surface area is 286 Å². The molecule has 0 saturated carbocycles. The van der Waals surface area contributed by atoms with Gasteiger partial charge in [0, 0.05) is 64.6 Å². The van der Waals surface area contributed by atoms with E-state index in [9.17, 15) is 14.7 Å². The Morgan fingerprint density at radius 3 is 2.42 bits per heavy atom. The summed E-state index contributed by atoms with van der Waals surface area (Å²) in [6.45, 7) is 3.61. The van der Waals surface area contributed by atoms with Crippen LogP contribution in [0.3, 0.4) is 0 Å². The van der Waals surface area contributed by atoms with E-state index in [1.165, 1.54) is 5.56 Å². The second-order valence-corrected chi connectivity index (χ2v) is 13.1. The second-order valence-electron chi connectivity index (χ2n) is 12.6. The summed E-state index contributed by atoms with van der Waals surface area (Å²) in [5.41, 5.74) is 7.97. The zero-order valence-electron chi connectivity index (χ0n) is 27.2. The zero-order valence-corrected chi connectivity index (χ0v) is 28.0. The van der Waals surface area contributed by atoms with Crippen LogP contribution in [-0.2, 0) is 26.4 Å². The molecule has 8 bridgehead atoms. The van der Waals surface area contributed by atoms with Crippen LogP contribution in [0.25, 0.3) is 11.3 Å². The number of amides is 2. The van der Waals surface area contributed by atoms with Crippen molar-refractivity contribution in [1.29, 1.82) is 0 Å². The van der Waals surface area contributed by atoms with Gasteiger partial charge in [0.1, 0.15) is 11.5 Å². The number of carbonyl (C=O) groups is 2. The molecule has 7 nitrogen and oxygen atoms in total. The molecule has 8 heteroatoms. The number of rotatable bonds is 1. The molecule has 2 amide bonds. The lowest BCUT2D eigenvalue weighted by Crippen LogP contribution is -2.36. The minimum Gasteiger partial charge on any atom is -0.508 e. The summed E-state index contributed by atoms with van der Waals surface area (Å²) in [5.74, 6) is 0.731. The molecule has 4 aromatic carbocycles. The number of ether oxygens (including phenoxy) is 1. The number of phenols is 1. The number of carbonyl (C=O) groups excluding carboxylic acids is 2. The van der Waals surface area contributed by atoms with Gasteiger partial charge in [-0.1, -0.05) is 35.9 Å². The third-order valence-electron chi connectivity index (χ3n) is 9.61. The molecule has 0 radical (unpaired) electrons. The molecular formula is C40H38ClN3O4. The number of fused-ring (bicyclic) bond motifs is 7. The predicted octanol–water partition coefficient (Wildman–Crippen LogP) is 8.64. The van der Waals surface area contributed by atoms with Crippen LogP contribution >= 0.6 is 11.6 Å². The van der Waals surface area contributed by atoms with Crippen molar-refractivity contribution in [3.05, 3.63) is 130 Å². The number of benzene rings is 4. The number of phenolic OH excluding ortho intramolecular Hbond substituents is 1. The first-order valence-corrected chi connectivity index (χ1v) is 16.9. The van der Waals surface area contributed by atoms with Crippen molar-refractivity contribution >= 4 is 34.8 Å². The van der Waals surface area contributed by atoms with Crippen LogP contribution in [0.5, 0.6) is 11.5 Å². The lowest BCUT2D eigenvalue weighted by atomic mass is 9.96. The first-order chi connectivity index (χ1) is 23.3. The van der Waals surface area contributed by atoms with Crippen LogP contribution < -0.4 is 9.64 Å². The summed E-state index contributed by atoms with van der Waals surface area (Å²) in [5, 5.41) is 10.6. The molecule has 0 saturated heterocycles. The molecule has 0 fully saturated rings. The molecule has 244 valence electrons. The summed E-state index contributed by atoms with van der Waals surface area (Å²) < 4.78 is 8.24. The summed E-state index contributed by atoms with van der Waals surface area (Å²) in [4.78, 5) is 32.5. The van der Waals surface area contributed by atoms with E-state index in [-0.39, 0.29) is 17.6 Å². The third kappa shape index (κ3) is 6.06. The van der Waals surface area contributed by atoms with Crippen molar-refractivity contribution in [1.82, 2.24) is 9.47 Å². The average molecular weight is 660 g/mol. The van der Waals surface area contributed by atoms with E-state index in [1.54, 1.807) is 47.4 Å². The van der Waals surface area contributed by atoms with Gasteiger partial charge < -0.3 is 19.3 Å². The molecule has 8 rings (SSSR count). The van der Waals surface area contributed by atoms with Crippen LogP contribution in [0.1, 0.15) is 62.4 Å². The van der Waals surface area contributed by atoms with Gasteiger partial charge in [-0.15, -0.1) is 0 Å². The number of aromatic nitrogens is 1. The van der Waals surface area contributed by atoms with Crippen molar-refractivity contribution < 1.29 is 19.4 Å². The van der Waals surface area contributed by atoms with E-state index < -0.39 is 0 Å². The Bertz CT molecular complexity index is 2020. The number of aryl methyl sites for hydroxylation is 1. The van der Waals surface area contributed by atoms with Crippen LogP contribution in [-0.4, -0.2) is 39.5 Å². The quantitative estimate of drug-likeness (QED) is 0.195. The predicted molar refractivity (Wildman–Crippen MR) is 190 cm³/mol. The van der Waals surface area contributed by atoms with Gasteiger partial charge in [-0.05, 0) is 117 Å². The fraction of sp³-hybridized carbons (Fsp3) is 0.250. The number of halogens is 1. The standard InChI is InChI=1S/C40H38ClN3O4/c1-26-35-24-37(42(26)2)36-23-29(41)13-18-34(36)39(46)43-20-19-33-28(25-43)10-7-12-38(33)48-21-5-3-4-8-27-9-6-11-31(22-27)44(40(35)47)30-14-16-32(45)17-15-30/h6-7,9-18,22-24,45H,3-5,8,19-21,25H2,1-2H3. The van der Waals surface area contributed by atoms with Gasteiger partial charge in [-0.2, -0.15) is 0 Å². The van der Waals surface area contributed by atoms with Gasteiger partial charge in [0.05, 0.1) is 12.2 Å². The van der Waals surface area contributed by atoms with E-state index in [0.717, 1.165) is 59.6 Å². The van der Waals surface area contributed by atoms with Crippen LogP contribution in [0.2, 0.25) is 5.02 Å². The molecule has 1 N–H and O–H groups in total. The topological polar surface area (TPSA) is 75.0 Å². The molecule has 3 aliphatic heterocycles. The maximum atomic E-state index is 14.6. The highest BCUT2D eigenvalue weighted by atomic mass is 35.5. The zero-order chi connectivity index (χ0) is 33.4. The highest BCUT2D eigenvalue weighted by Crippen LogP contribution is 2.36. The smallest absolute Gasteiger partial charge is 0.264 e. The summed E-state index contributed by atoms with van der Waals surface area (Å²) in [6, 6.07) is 28.1. The maximum Gasteiger partial charge on any atom is 0.264 e. The fourth-order valence-corrected chi connectivity index (χ4v) is 7.06. The Balaban J connectivity index is 1.36. The Kier molecular flexibility index (Phi) is 8.71. The molecule has 0 unspecified atom stereocenters. The molecule has 0 atom stereocenters. The molecule has 1 aromatic heterocycles. The molecule has 0 spiro atoms. The molecule has 3 aliphatic rings. The lowest BCUT2D eigenvalue weighted by Gasteiger charge is -2.30. The highest BCUT2D eigenvalue weighted by Gasteiger charge is 2.29. The van der Waals surface area contributed by atoms with E-state index in [1.807, 2.05) is 53.8 Å². The fourth-order valence-electron chi connectivity index (χ4n) is 6.89. The number of nitrogens with zero attached hydrogens (tertiary/aromatic N) is 3. The van der Waals surface area contributed by atoms with Gasteiger partial charge in [0.15, 0.2) is 0 Å². The third-order valence-corrected chi connectivity index (χ3v) is 9.85. The highest BCUT2D eigenvalue weighted by molar-refractivity contribution is 6.31. The first-order valence-electron chi connectivity index (χ1n) is 16.5. The molecule has 4 heterocycles. The Morgan fingerprint density at radius 1 is 0.771 bits per heavy atom. The van der Waals surface area contributed by atoms with Crippen LogP contribution in [0.4, 0.5) is 11.4 Å². The van der Waals surface area contributed by atoms with Crippen molar-refractivity contribution in [2.45, 2.75) is 45.6 Å². The van der Waals surface area contributed by atoms with Crippen LogP contribution in [0.15, 0.2) is 91.0 Å². The largest absolute Gasteiger partial charge is 0.508 e. The van der Waals surface area contributed by atoms with Crippen LogP contribution in [0, 0.1) is 6.92 Å². The Hall–Kier alpha value is -5.01. The second kappa shape index (κ2) is 13.2. The maximum absolute atomic E-state index is 14.6. The van der Waals surface area contributed by atoms with Crippen molar-refractivity contribution in [3.63, 3.8) is 0 Å². The normalized spacial score (nSPS) is 15.4. The lowest BCUT2D eigenvalue weighted by molar-refractivity contribution is 0.0734. The van der Waals surface area contributed by atoms with E-state index in [4.69, 9.17) is 16.3 Å². The number of hydrogen-bond donors (Lipinski definition) is 1. The summed E-state index contributed by atoms with van der Waals surface area (Å²) in [6.07, 6.45) is 4.53. The monoisotopic (exact) mass is 659 g/mol. The SMILES string of the molecule is Cc1c2cc(n1C)-c1cc(Cl)ccc1C(=O)N1CCc3c(cccc3OCCCCCc3cccc(c3)N(c3ccc(O)cc3)C2=O)C1. The minimum atomic E-state index is -0.213.